The zero-order valence-corrected chi connectivity index (χ0v) is 18.8. The van der Waals surface area contributed by atoms with Crippen molar-refractivity contribution in [3.8, 4) is 0 Å². The van der Waals surface area contributed by atoms with E-state index in [4.69, 9.17) is 5.41 Å². The number of nitrogens with zero attached hydrogens (tertiary/aromatic N) is 3. The largest absolute Gasteiger partial charge is 0.379 e. The molecule has 4 N–H and O–H groups in total. The molecule has 0 saturated carbocycles. The van der Waals surface area contributed by atoms with E-state index in [1.54, 1.807) is 0 Å². The Morgan fingerprint density at radius 1 is 1.19 bits per heavy atom. The Morgan fingerprint density at radius 2 is 2.00 bits per heavy atom. The number of aliphatic imine (C=N–C) groups is 1. The van der Waals surface area contributed by atoms with Crippen molar-refractivity contribution in [2.45, 2.75) is 45.3 Å². The quantitative estimate of drug-likeness (QED) is 0.414. The highest BCUT2D eigenvalue weighted by molar-refractivity contribution is 5.88. The molecule has 1 fully saturated rings. The van der Waals surface area contributed by atoms with E-state index >= 15 is 0 Å². The van der Waals surface area contributed by atoms with Crippen molar-refractivity contribution in [1.82, 2.24) is 25.8 Å². The predicted octanol–water partition coefficient (Wildman–Crippen LogP) is 2.52. The molecule has 0 amide bonds. The van der Waals surface area contributed by atoms with Gasteiger partial charge in [0, 0.05) is 31.5 Å². The van der Waals surface area contributed by atoms with Gasteiger partial charge in [-0.3, -0.25) is 5.41 Å². The second-order valence-corrected chi connectivity index (χ2v) is 9.08. The van der Waals surface area contributed by atoms with Crippen LogP contribution in [0.25, 0.3) is 0 Å². The molecule has 0 aromatic heterocycles. The molecule has 1 saturated heterocycles. The Balaban J connectivity index is 1.48. The average molecular weight is 422 g/mol. The number of guanidine groups is 1. The summed E-state index contributed by atoms with van der Waals surface area (Å²) in [5, 5.41) is 18.4. The van der Waals surface area contributed by atoms with Crippen LogP contribution >= 0.6 is 0 Å². The van der Waals surface area contributed by atoms with Crippen molar-refractivity contribution in [2.24, 2.45) is 16.8 Å². The minimum Gasteiger partial charge on any atom is -0.379 e. The third-order valence-corrected chi connectivity index (χ3v) is 6.40. The molecule has 2 heterocycles. The molecule has 0 aromatic rings. The Hall–Kier alpha value is -2.96. The number of nitrogens with one attached hydrogen (secondary N) is 4. The summed E-state index contributed by atoms with van der Waals surface area (Å²) in [6, 6.07) is 0.886. The van der Waals surface area contributed by atoms with Crippen LogP contribution in [0.15, 0.2) is 65.2 Å². The van der Waals surface area contributed by atoms with Gasteiger partial charge in [0.2, 0.25) is 5.96 Å². The minimum atomic E-state index is 0.283. The number of hydrogen-bond acceptors (Lipinski definition) is 4. The summed E-state index contributed by atoms with van der Waals surface area (Å²) in [5.74, 6) is 2.89. The lowest BCUT2D eigenvalue weighted by Gasteiger charge is -2.47. The van der Waals surface area contributed by atoms with Gasteiger partial charge in [-0.05, 0) is 24.3 Å². The first-order valence-corrected chi connectivity index (χ1v) is 11.4. The van der Waals surface area contributed by atoms with Crippen LogP contribution in [0.5, 0.6) is 0 Å². The summed E-state index contributed by atoms with van der Waals surface area (Å²) < 4.78 is 0. The van der Waals surface area contributed by atoms with E-state index in [1.807, 2.05) is 0 Å². The van der Waals surface area contributed by atoms with Gasteiger partial charge in [0.1, 0.15) is 12.2 Å². The van der Waals surface area contributed by atoms with E-state index in [0.717, 1.165) is 49.9 Å². The lowest BCUT2D eigenvalue weighted by atomic mass is 9.98. The average Bonchev–Trinajstić information content (AvgIpc) is 2.78. The van der Waals surface area contributed by atoms with Gasteiger partial charge in [0.05, 0.1) is 18.1 Å². The smallest absolute Gasteiger partial charge is 0.204 e. The molecule has 0 spiro atoms. The third kappa shape index (κ3) is 4.86. The van der Waals surface area contributed by atoms with Crippen LogP contribution in [0.4, 0.5) is 0 Å². The van der Waals surface area contributed by atoms with Crippen molar-refractivity contribution < 1.29 is 0 Å². The Bertz CT molecular complexity index is 848. The van der Waals surface area contributed by atoms with Crippen LogP contribution in [-0.4, -0.2) is 59.9 Å². The molecule has 2 aliphatic heterocycles. The van der Waals surface area contributed by atoms with E-state index in [0.29, 0.717) is 23.9 Å². The van der Waals surface area contributed by atoms with Gasteiger partial charge >= 0.3 is 0 Å². The van der Waals surface area contributed by atoms with E-state index in [-0.39, 0.29) is 6.04 Å². The fraction of sp³-hybridized carbons (Fsp3) is 0.500. The molecule has 0 aromatic carbocycles. The topological polar surface area (TPSA) is 78.8 Å². The van der Waals surface area contributed by atoms with Crippen molar-refractivity contribution in [1.29, 1.82) is 5.41 Å². The summed E-state index contributed by atoms with van der Waals surface area (Å²) in [6.07, 6.45) is 19.3. The minimum absolute atomic E-state index is 0.283. The number of piperazine rings is 1. The third-order valence-electron chi connectivity index (χ3n) is 6.40. The molecule has 4 atom stereocenters. The van der Waals surface area contributed by atoms with Crippen molar-refractivity contribution in [3.05, 3.63) is 60.3 Å². The fourth-order valence-electron chi connectivity index (χ4n) is 4.66. The standard InChI is InChI=1S/C24H35N7/c1-17(2)22-15-30(23-14-26-20-9-4-5-10-21(20)29-23)11-12-31(22)24(27-16-25)28-19-8-6-7-18(3)13-19/h4-10,14,16-18,20-22,26,29H,11-13,15H2,1-3H3,(H2,25,27,28). The number of hydrogen-bond donors (Lipinski definition) is 4. The molecule has 2 aliphatic carbocycles. The van der Waals surface area contributed by atoms with E-state index in [1.165, 1.54) is 0 Å². The summed E-state index contributed by atoms with van der Waals surface area (Å²) in [4.78, 5) is 9.20. The number of allylic oxidation sites excluding steroid dienone is 6. The SMILES string of the molecule is CC1C=CC=C(NC(=NC=N)N2CCN(C3=CNC4C=CC=CC4N3)CC2C(C)C)C1. The molecule has 7 nitrogen and oxygen atoms in total. The summed E-state index contributed by atoms with van der Waals surface area (Å²) >= 11 is 0. The first-order valence-electron chi connectivity index (χ1n) is 11.4. The van der Waals surface area contributed by atoms with Crippen LogP contribution in [-0.2, 0) is 0 Å². The van der Waals surface area contributed by atoms with Crippen LogP contribution < -0.4 is 16.0 Å². The van der Waals surface area contributed by atoms with Gasteiger partial charge < -0.3 is 25.8 Å². The Labute approximate surface area is 185 Å². The first-order chi connectivity index (χ1) is 15.0. The lowest BCUT2D eigenvalue weighted by Crippen LogP contribution is -2.62. The van der Waals surface area contributed by atoms with Crippen molar-refractivity contribution in [3.63, 3.8) is 0 Å². The van der Waals surface area contributed by atoms with E-state index in [2.05, 4.69) is 100 Å². The number of rotatable bonds is 4. The second-order valence-electron chi connectivity index (χ2n) is 9.08. The van der Waals surface area contributed by atoms with Gasteiger partial charge in [0.15, 0.2) is 0 Å². The van der Waals surface area contributed by atoms with Crippen molar-refractivity contribution >= 4 is 12.3 Å². The Morgan fingerprint density at radius 3 is 2.74 bits per heavy atom. The maximum atomic E-state index is 7.61. The van der Waals surface area contributed by atoms with Crippen molar-refractivity contribution in [2.75, 3.05) is 19.6 Å². The second kappa shape index (κ2) is 9.45. The first kappa shape index (κ1) is 21.3. The summed E-state index contributed by atoms with van der Waals surface area (Å²) in [5.41, 5.74) is 1.16. The highest BCUT2D eigenvalue weighted by Gasteiger charge is 2.34. The monoisotopic (exact) mass is 421 g/mol. The lowest BCUT2D eigenvalue weighted by molar-refractivity contribution is 0.112. The van der Waals surface area contributed by atoms with Crippen LogP contribution in [0.2, 0.25) is 0 Å². The highest BCUT2D eigenvalue weighted by Crippen LogP contribution is 2.23. The summed E-state index contributed by atoms with van der Waals surface area (Å²) in [7, 11) is 0. The van der Waals surface area contributed by atoms with Gasteiger partial charge in [-0.1, -0.05) is 57.2 Å². The zero-order chi connectivity index (χ0) is 21.8. The molecule has 31 heavy (non-hydrogen) atoms. The van der Waals surface area contributed by atoms with E-state index < -0.39 is 0 Å². The summed E-state index contributed by atoms with van der Waals surface area (Å²) in [6.45, 7) is 9.40. The van der Waals surface area contributed by atoms with Gasteiger partial charge in [-0.15, -0.1) is 0 Å². The zero-order valence-electron chi connectivity index (χ0n) is 18.8. The Kier molecular flexibility index (Phi) is 6.49. The molecular weight excluding hydrogens is 386 g/mol. The molecule has 4 aliphatic rings. The highest BCUT2D eigenvalue weighted by atomic mass is 15.4. The number of fused-ring (bicyclic) bond motifs is 1. The van der Waals surface area contributed by atoms with Crippen LogP contribution in [0.1, 0.15) is 27.2 Å². The van der Waals surface area contributed by atoms with Gasteiger partial charge in [-0.25, -0.2) is 4.99 Å². The van der Waals surface area contributed by atoms with Gasteiger partial charge in [-0.2, -0.15) is 0 Å². The van der Waals surface area contributed by atoms with E-state index in [9.17, 15) is 0 Å². The molecule has 166 valence electrons. The van der Waals surface area contributed by atoms with Gasteiger partial charge in [0.25, 0.3) is 0 Å². The fourth-order valence-corrected chi connectivity index (χ4v) is 4.66. The molecule has 0 bridgehead atoms. The van der Waals surface area contributed by atoms with Crippen LogP contribution in [0.3, 0.4) is 0 Å². The molecule has 4 unspecified atom stereocenters. The predicted molar refractivity (Wildman–Crippen MR) is 127 cm³/mol. The normalized spacial score (nSPS) is 30.3. The van der Waals surface area contributed by atoms with Crippen LogP contribution in [0, 0.1) is 17.2 Å². The molecular formula is C24H35N7. The maximum absolute atomic E-state index is 7.61. The molecule has 4 rings (SSSR count). The molecule has 7 heteroatoms. The molecule has 0 radical (unpaired) electrons. The maximum Gasteiger partial charge on any atom is 0.204 e.